The molecule has 1 saturated carbocycles. The molecular formula is C20H22FNO. The molecule has 1 fully saturated rings. The molecule has 0 heterocycles. The maximum atomic E-state index is 12.9. The summed E-state index contributed by atoms with van der Waals surface area (Å²) in [6.07, 6.45) is 5.16. The molecule has 0 spiro atoms. The number of halogens is 1. The fourth-order valence-corrected chi connectivity index (χ4v) is 3.35. The molecule has 0 aliphatic heterocycles. The predicted octanol–water partition coefficient (Wildman–Crippen LogP) is 4.81. The Morgan fingerprint density at radius 2 is 1.61 bits per heavy atom. The van der Waals surface area contributed by atoms with Gasteiger partial charge in [-0.15, -0.1) is 0 Å². The summed E-state index contributed by atoms with van der Waals surface area (Å²) < 4.78 is 12.9. The van der Waals surface area contributed by atoms with Crippen molar-refractivity contribution in [3.63, 3.8) is 0 Å². The van der Waals surface area contributed by atoms with Crippen molar-refractivity contribution in [1.82, 2.24) is 0 Å². The van der Waals surface area contributed by atoms with E-state index in [2.05, 4.69) is 29.6 Å². The van der Waals surface area contributed by atoms with Gasteiger partial charge in [0.2, 0.25) is 5.91 Å². The molecule has 1 amide bonds. The van der Waals surface area contributed by atoms with Crippen LogP contribution in [0, 0.1) is 17.7 Å². The van der Waals surface area contributed by atoms with Gasteiger partial charge in [-0.05, 0) is 67.9 Å². The van der Waals surface area contributed by atoms with Crippen LogP contribution in [0.1, 0.15) is 31.2 Å². The average Bonchev–Trinajstić information content (AvgIpc) is 2.58. The highest BCUT2D eigenvalue weighted by Crippen LogP contribution is 2.31. The number of rotatable bonds is 4. The summed E-state index contributed by atoms with van der Waals surface area (Å²) >= 11 is 0. The smallest absolute Gasteiger partial charge is 0.227 e. The van der Waals surface area contributed by atoms with Crippen LogP contribution < -0.4 is 5.32 Å². The second-order valence-corrected chi connectivity index (χ2v) is 6.40. The van der Waals surface area contributed by atoms with Gasteiger partial charge in [0, 0.05) is 11.6 Å². The molecule has 2 nitrogen and oxygen atoms in total. The van der Waals surface area contributed by atoms with Crippen molar-refractivity contribution >= 4 is 11.6 Å². The predicted molar refractivity (Wildman–Crippen MR) is 90.6 cm³/mol. The minimum atomic E-state index is -0.288. The van der Waals surface area contributed by atoms with Gasteiger partial charge in [-0.2, -0.15) is 0 Å². The quantitative estimate of drug-likeness (QED) is 0.862. The average molecular weight is 311 g/mol. The summed E-state index contributed by atoms with van der Waals surface area (Å²) in [6, 6.07) is 16.5. The second kappa shape index (κ2) is 7.40. The van der Waals surface area contributed by atoms with Gasteiger partial charge < -0.3 is 5.32 Å². The van der Waals surface area contributed by atoms with E-state index < -0.39 is 0 Å². The number of nitrogens with one attached hydrogen (secondary N) is 1. The highest BCUT2D eigenvalue weighted by Gasteiger charge is 2.26. The van der Waals surface area contributed by atoms with Gasteiger partial charge in [-0.3, -0.25) is 4.79 Å². The normalized spacial score (nSPS) is 20.9. The van der Waals surface area contributed by atoms with Gasteiger partial charge in [-0.25, -0.2) is 4.39 Å². The minimum Gasteiger partial charge on any atom is -0.326 e. The highest BCUT2D eigenvalue weighted by atomic mass is 19.1. The summed E-state index contributed by atoms with van der Waals surface area (Å²) in [5, 5.41) is 2.90. The van der Waals surface area contributed by atoms with Crippen LogP contribution in [0.3, 0.4) is 0 Å². The molecule has 0 atom stereocenters. The largest absolute Gasteiger partial charge is 0.326 e. The van der Waals surface area contributed by atoms with Crippen molar-refractivity contribution in [1.29, 1.82) is 0 Å². The molecule has 0 radical (unpaired) electrons. The number of carbonyl (C=O) groups is 1. The fraction of sp³-hybridized carbons (Fsp3) is 0.350. The summed E-state index contributed by atoms with van der Waals surface area (Å²) in [7, 11) is 0. The molecule has 1 aliphatic rings. The van der Waals surface area contributed by atoms with Crippen LogP contribution in [0.4, 0.5) is 10.1 Å². The molecule has 2 aromatic carbocycles. The maximum Gasteiger partial charge on any atom is 0.227 e. The molecule has 3 rings (SSSR count). The first kappa shape index (κ1) is 15.7. The first-order chi connectivity index (χ1) is 11.2. The molecular weight excluding hydrogens is 289 g/mol. The third kappa shape index (κ3) is 4.41. The van der Waals surface area contributed by atoms with Gasteiger partial charge in [-0.1, -0.05) is 30.3 Å². The summed E-state index contributed by atoms with van der Waals surface area (Å²) in [4.78, 5) is 12.3. The number of hydrogen-bond acceptors (Lipinski definition) is 1. The van der Waals surface area contributed by atoms with Gasteiger partial charge in [0.05, 0.1) is 0 Å². The molecule has 0 unspecified atom stereocenters. The third-order valence-electron chi connectivity index (χ3n) is 4.70. The molecule has 3 heteroatoms. The zero-order chi connectivity index (χ0) is 16.1. The zero-order valence-electron chi connectivity index (χ0n) is 13.2. The van der Waals surface area contributed by atoms with E-state index in [0.29, 0.717) is 11.6 Å². The molecule has 0 saturated heterocycles. The van der Waals surface area contributed by atoms with E-state index in [1.165, 1.54) is 17.7 Å². The Labute approximate surface area is 136 Å². The topological polar surface area (TPSA) is 29.1 Å². The van der Waals surface area contributed by atoms with Crippen molar-refractivity contribution < 1.29 is 9.18 Å². The Balaban J connectivity index is 1.48. The molecule has 23 heavy (non-hydrogen) atoms. The number of hydrogen-bond donors (Lipinski definition) is 1. The lowest BCUT2D eigenvalue weighted by molar-refractivity contribution is -0.121. The lowest BCUT2D eigenvalue weighted by Gasteiger charge is -2.27. The summed E-state index contributed by atoms with van der Waals surface area (Å²) in [6.45, 7) is 0. The molecule has 1 aliphatic carbocycles. The number of benzene rings is 2. The summed E-state index contributed by atoms with van der Waals surface area (Å²) in [5.41, 5.74) is 2.05. The molecule has 1 N–H and O–H groups in total. The molecule has 2 aromatic rings. The first-order valence-corrected chi connectivity index (χ1v) is 8.31. The zero-order valence-corrected chi connectivity index (χ0v) is 13.2. The van der Waals surface area contributed by atoms with E-state index >= 15 is 0 Å². The second-order valence-electron chi connectivity index (χ2n) is 6.40. The summed E-state index contributed by atoms with van der Waals surface area (Å²) in [5.74, 6) is 0.526. The van der Waals surface area contributed by atoms with E-state index in [0.717, 1.165) is 32.1 Å². The number of carbonyl (C=O) groups excluding carboxylic acids is 1. The lowest BCUT2D eigenvalue weighted by Crippen LogP contribution is -2.27. The van der Waals surface area contributed by atoms with Crippen molar-refractivity contribution in [3.8, 4) is 0 Å². The van der Waals surface area contributed by atoms with Crippen molar-refractivity contribution in [3.05, 3.63) is 66.0 Å². The van der Waals surface area contributed by atoms with E-state index in [1.807, 2.05) is 6.07 Å². The van der Waals surface area contributed by atoms with Crippen LogP contribution in [0.25, 0.3) is 0 Å². The maximum absolute atomic E-state index is 12.9. The molecule has 0 bridgehead atoms. The van der Waals surface area contributed by atoms with Gasteiger partial charge >= 0.3 is 0 Å². The van der Waals surface area contributed by atoms with E-state index in [9.17, 15) is 9.18 Å². The van der Waals surface area contributed by atoms with Crippen LogP contribution in [0.2, 0.25) is 0 Å². The van der Waals surface area contributed by atoms with E-state index in [4.69, 9.17) is 0 Å². The van der Waals surface area contributed by atoms with Crippen molar-refractivity contribution in [2.45, 2.75) is 32.1 Å². The van der Waals surface area contributed by atoms with E-state index in [-0.39, 0.29) is 17.6 Å². The standard InChI is InChI=1S/C20H22FNO/c21-18-10-12-19(13-11-18)22-20(23)17-8-6-16(7-9-17)14-15-4-2-1-3-5-15/h1-5,10-13,16-17H,6-9,14H2,(H,22,23). The Kier molecular flexibility index (Phi) is 5.06. The van der Waals surface area contributed by atoms with Crippen molar-refractivity contribution in [2.24, 2.45) is 11.8 Å². The molecule has 0 aromatic heterocycles. The van der Waals surface area contributed by atoms with Crippen LogP contribution in [-0.2, 0) is 11.2 Å². The van der Waals surface area contributed by atoms with Crippen LogP contribution in [0.5, 0.6) is 0 Å². The SMILES string of the molecule is O=C(Nc1ccc(F)cc1)C1CCC(Cc2ccccc2)CC1. The minimum absolute atomic E-state index is 0.0646. The number of anilines is 1. The lowest BCUT2D eigenvalue weighted by atomic mass is 9.79. The van der Waals surface area contributed by atoms with Gasteiger partial charge in [0.1, 0.15) is 5.82 Å². The van der Waals surface area contributed by atoms with Crippen LogP contribution >= 0.6 is 0 Å². The third-order valence-corrected chi connectivity index (χ3v) is 4.70. The Morgan fingerprint density at radius 1 is 0.957 bits per heavy atom. The van der Waals surface area contributed by atoms with E-state index in [1.54, 1.807) is 12.1 Å². The Bertz CT molecular complexity index is 630. The molecule has 120 valence electrons. The Morgan fingerprint density at radius 3 is 2.26 bits per heavy atom. The fourth-order valence-electron chi connectivity index (χ4n) is 3.35. The van der Waals surface area contributed by atoms with Crippen LogP contribution in [-0.4, -0.2) is 5.91 Å². The monoisotopic (exact) mass is 311 g/mol. The van der Waals surface area contributed by atoms with Gasteiger partial charge in [0.15, 0.2) is 0 Å². The van der Waals surface area contributed by atoms with Crippen LogP contribution in [0.15, 0.2) is 54.6 Å². The van der Waals surface area contributed by atoms with Gasteiger partial charge in [0.25, 0.3) is 0 Å². The first-order valence-electron chi connectivity index (χ1n) is 8.31. The van der Waals surface area contributed by atoms with Crippen molar-refractivity contribution in [2.75, 3.05) is 5.32 Å². The highest BCUT2D eigenvalue weighted by molar-refractivity contribution is 5.92. The Hall–Kier alpha value is -2.16. The number of amides is 1.